The van der Waals surface area contributed by atoms with Gasteiger partial charge in [-0.3, -0.25) is 9.59 Å². The molecule has 0 spiro atoms. The summed E-state index contributed by atoms with van der Waals surface area (Å²) in [4.78, 5) is 25.7. The Labute approximate surface area is 201 Å². The van der Waals surface area contributed by atoms with Crippen LogP contribution in [0.3, 0.4) is 0 Å². The van der Waals surface area contributed by atoms with E-state index in [0.29, 0.717) is 39.2 Å². The number of methoxy groups -OCH3 is 3. The van der Waals surface area contributed by atoms with E-state index >= 15 is 0 Å². The zero-order valence-electron chi connectivity index (χ0n) is 18.3. The van der Waals surface area contributed by atoms with E-state index in [1.807, 2.05) is 12.1 Å². The summed E-state index contributed by atoms with van der Waals surface area (Å²) in [6, 6.07) is 17.4. The molecule has 7 nitrogen and oxygen atoms in total. The number of thioether (sulfide) groups is 1. The maximum atomic E-state index is 12.4. The van der Waals surface area contributed by atoms with Gasteiger partial charge in [0.05, 0.1) is 37.8 Å². The second-order valence-corrected chi connectivity index (χ2v) is 8.19. The van der Waals surface area contributed by atoms with Crippen molar-refractivity contribution in [3.05, 3.63) is 71.2 Å². The highest BCUT2D eigenvalue weighted by atomic mass is 35.5. The lowest BCUT2D eigenvalue weighted by Crippen LogP contribution is -2.15. The second-order valence-electron chi connectivity index (χ2n) is 6.73. The molecule has 3 rings (SSSR count). The van der Waals surface area contributed by atoms with E-state index in [1.54, 1.807) is 55.6 Å². The number of carbonyl (C=O) groups excluding carboxylic acids is 2. The lowest BCUT2D eigenvalue weighted by Gasteiger charge is -2.13. The number of anilines is 2. The van der Waals surface area contributed by atoms with Crippen LogP contribution in [0.15, 0.2) is 65.6 Å². The molecule has 0 unspecified atom stereocenters. The minimum Gasteiger partial charge on any atom is -0.497 e. The van der Waals surface area contributed by atoms with Gasteiger partial charge < -0.3 is 24.8 Å². The van der Waals surface area contributed by atoms with Crippen molar-refractivity contribution < 1.29 is 23.8 Å². The van der Waals surface area contributed by atoms with Crippen molar-refractivity contribution in [2.24, 2.45) is 0 Å². The van der Waals surface area contributed by atoms with E-state index < -0.39 is 0 Å². The van der Waals surface area contributed by atoms with Gasteiger partial charge in [0.25, 0.3) is 5.91 Å². The Bertz CT molecular complexity index is 1140. The fourth-order valence-corrected chi connectivity index (χ4v) is 3.83. The summed E-state index contributed by atoms with van der Waals surface area (Å²) in [6.07, 6.45) is 0. The molecule has 0 aromatic heterocycles. The molecule has 0 aliphatic rings. The van der Waals surface area contributed by atoms with E-state index in [0.717, 1.165) is 4.90 Å². The first-order valence-corrected chi connectivity index (χ1v) is 11.2. The Morgan fingerprint density at radius 3 is 2.27 bits per heavy atom. The third kappa shape index (κ3) is 6.57. The molecule has 0 radical (unpaired) electrons. The highest BCUT2D eigenvalue weighted by Gasteiger charge is 2.13. The van der Waals surface area contributed by atoms with Crippen LogP contribution in [0.5, 0.6) is 17.2 Å². The molecule has 0 aliphatic heterocycles. The van der Waals surface area contributed by atoms with Crippen molar-refractivity contribution in [1.82, 2.24) is 0 Å². The summed E-state index contributed by atoms with van der Waals surface area (Å²) in [5.41, 5.74) is 1.61. The molecule has 9 heteroatoms. The van der Waals surface area contributed by atoms with Crippen LogP contribution in [0.4, 0.5) is 11.4 Å². The normalized spacial score (nSPS) is 10.3. The number of rotatable bonds is 9. The quantitative estimate of drug-likeness (QED) is 0.396. The largest absolute Gasteiger partial charge is 0.497 e. The Morgan fingerprint density at radius 2 is 1.61 bits per heavy atom. The maximum absolute atomic E-state index is 12.4. The Balaban J connectivity index is 1.55. The molecule has 0 saturated heterocycles. The van der Waals surface area contributed by atoms with Gasteiger partial charge >= 0.3 is 0 Å². The second kappa shape index (κ2) is 11.5. The van der Waals surface area contributed by atoms with E-state index in [4.69, 9.17) is 25.8 Å². The molecule has 3 aromatic rings. The molecule has 0 aliphatic carbocycles. The number of amides is 2. The number of benzene rings is 3. The van der Waals surface area contributed by atoms with E-state index in [2.05, 4.69) is 10.6 Å². The molecule has 0 atom stereocenters. The van der Waals surface area contributed by atoms with Gasteiger partial charge in [-0.15, -0.1) is 11.8 Å². The first-order valence-electron chi connectivity index (χ1n) is 9.83. The van der Waals surface area contributed by atoms with Crippen LogP contribution in [0, 0.1) is 0 Å². The van der Waals surface area contributed by atoms with Gasteiger partial charge in [-0.25, -0.2) is 0 Å². The van der Waals surface area contributed by atoms with Crippen LogP contribution in [0.1, 0.15) is 10.4 Å². The molecule has 0 fully saturated rings. The van der Waals surface area contributed by atoms with Crippen molar-refractivity contribution in [2.45, 2.75) is 4.90 Å². The molecule has 33 heavy (non-hydrogen) atoms. The molecule has 0 heterocycles. The molecule has 0 saturated carbocycles. The molecular weight excluding hydrogens is 464 g/mol. The van der Waals surface area contributed by atoms with Gasteiger partial charge in [0.1, 0.15) is 17.2 Å². The average Bonchev–Trinajstić information content (AvgIpc) is 2.83. The zero-order valence-corrected chi connectivity index (χ0v) is 19.9. The number of carbonyl (C=O) groups is 2. The SMILES string of the molecule is COc1cccc(C(=O)Nc2ccc(SCC(=O)Nc3cc(Cl)c(OC)cc3OC)cc2)c1. The smallest absolute Gasteiger partial charge is 0.255 e. The van der Waals surface area contributed by atoms with Crippen molar-refractivity contribution in [3.63, 3.8) is 0 Å². The summed E-state index contributed by atoms with van der Waals surface area (Å²) in [6.45, 7) is 0. The summed E-state index contributed by atoms with van der Waals surface area (Å²) < 4.78 is 15.6. The molecule has 2 amide bonds. The van der Waals surface area contributed by atoms with E-state index in [9.17, 15) is 9.59 Å². The highest BCUT2D eigenvalue weighted by molar-refractivity contribution is 8.00. The van der Waals surface area contributed by atoms with Gasteiger partial charge in [0.15, 0.2) is 0 Å². The van der Waals surface area contributed by atoms with E-state index in [1.165, 1.54) is 26.0 Å². The van der Waals surface area contributed by atoms with E-state index in [-0.39, 0.29) is 17.6 Å². The van der Waals surface area contributed by atoms with Crippen LogP contribution in [0.25, 0.3) is 0 Å². The Kier molecular flexibility index (Phi) is 8.46. The number of hydrogen-bond acceptors (Lipinski definition) is 6. The van der Waals surface area contributed by atoms with Gasteiger partial charge in [0, 0.05) is 22.2 Å². The summed E-state index contributed by atoms with van der Waals surface area (Å²) in [5.74, 6) is 1.26. The molecule has 0 bridgehead atoms. The summed E-state index contributed by atoms with van der Waals surface area (Å²) >= 11 is 7.51. The van der Waals surface area contributed by atoms with Crippen LogP contribution in [-0.2, 0) is 4.79 Å². The Morgan fingerprint density at radius 1 is 0.879 bits per heavy atom. The van der Waals surface area contributed by atoms with Crippen molar-refractivity contribution in [3.8, 4) is 17.2 Å². The number of halogens is 1. The minimum absolute atomic E-state index is 0.183. The van der Waals surface area contributed by atoms with Gasteiger partial charge in [-0.05, 0) is 48.5 Å². The van der Waals surface area contributed by atoms with Crippen molar-refractivity contribution >= 4 is 46.6 Å². The van der Waals surface area contributed by atoms with Gasteiger partial charge in [-0.2, -0.15) is 0 Å². The average molecular weight is 487 g/mol. The predicted molar refractivity (Wildman–Crippen MR) is 131 cm³/mol. The maximum Gasteiger partial charge on any atom is 0.255 e. The predicted octanol–water partition coefficient (Wildman–Crippen LogP) is 5.35. The van der Waals surface area contributed by atoms with Crippen LogP contribution in [0.2, 0.25) is 5.02 Å². The summed E-state index contributed by atoms with van der Waals surface area (Å²) in [5, 5.41) is 6.01. The number of hydrogen-bond donors (Lipinski definition) is 2. The minimum atomic E-state index is -0.235. The summed E-state index contributed by atoms with van der Waals surface area (Å²) in [7, 11) is 4.56. The first kappa shape index (κ1) is 24.3. The molecule has 172 valence electrons. The van der Waals surface area contributed by atoms with Crippen LogP contribution < -0.4 is 24.8 Å². The third-order valence-electron chi connectivity index (χ3n) is 4.56. The van der Waals surface area contributed by atoms with Crippen molar-refractivity contribution in [2.75, 3.05) is 37.7 Å². The lowest BCUT2D eigenvalue weighted by atomic mass is 10.2. The van der Waals surface area contributed by atoms with Crippen LogP contribution in [-0.4, -0.2) is 38.9 Å². The fraction of sp³-hybridized carbons (Fsp3) is 0.167. The monoisotopic (exact) mass is 486 g/mol. The fourth-order valence-electron chi connectivity index (χ4n) is 2.89. The molecular formula is C24H23ClN2O5S. The third-order valence-corrected chi connectivity index (χ3v) is 5.87. The van der Waals surface area contributed by atoms with Crippen molar-refractivity contribution in [1.29, 1.82) is 0 Å². The highest BCUT2D eigenvalue weighted by Crippen LogP contribution is 2.36. The number of nitrogens with one attached hydrogen (secondary N) is 2. The van der Waals surface area contributed by atoms with Crippen LogP contribution >= 0.6 is 23.4 Å². The van der Waals surface area contributed by atoms with Gasteiger partial charge in [0.2, 0.25) is 5.91 Å². The Hall–Kier alpha value is -3.36. The first-order chi connectivity index (χ1) is 15.9. The van der Waals surface area contributed by atoms with Gasteiger partial charge in [-0.1, -0.05) is 17.7 Å². The number of ether oxygens (including phenoxy) is 3. The standard InChI is InChI=1S/C24H23ClN2O5S/c1-30-17-6-4-5-15(11-17)24(29)26-16-7-9-18(10-8-16)33-14-23(28)27-20-12-19(25)21(31-2)13-22(20)32-3/h4-13H,14H2,1-3H3,(H,26,29)(H,27,28). The zero-order chi connectivity index (χ0) is 23.8. The topological polar surface area (TPSA) is 85.9 Å². The molecule has 3 aromatic carbocycles. The molecule has 2 N–H and O–H groups in total. The lowest BCUT2D eigenvalue weighted by molar-refractivity contribution is -0.113.